The van der Waals surface area contributed by atoms with Crippen LogP contribution in [0.3, 0.4) is 0 Å². The molecule has 1 aliphatic rings. The zero-order chi connectivity index (χ0) is 14.1. The van der Waals surface area contributed by atoms with Crippen molar-refractivity contribution in [2.45, 2.75) is 44.7 Å². The van der Waals surface area contributed by atoms with Crippen molar-refractivity contribution in [3.63, 3.8) is 0 Å². The third-order valence-corrected chi connectivity index (χ3v) is 4.96. The number of hydrogen-bond donors (Lipinski definition) is 1. The molecule has 1 aromatic heterocycles. The number of nitrogens with zero attached hydrogens (tertiary/aromatic N) is 1. The predicted molar refractivity (Wildman–Crippen MR) is 88.3 cm³/mol. The van der Waals surface area contributed by atoms with Gasteiger partial charge in [0, 0.05) is 15.9 Å². The Bertz CT molecular complexity index is 590. The molecule has 106 valence electrons. The molecule has 4 heteroatoms. The fourth-order valence-electron chi connectivity index (χ4n) is 2.18. The van der Waals surface area contributed by atoms with Crippen LogP contribution in [0.25, 0.3) is 0 Å². The van der Waals surface area contributed by atoms with Crippen molar-refractivity contribution >= 4 is 27.3 Å². The Labute approximate surface area is 132 Å². The van der Waals surface area contributed by atoms with E-state index in [1.54, 1.807) is 11.3 Å². The standard InChI is InChI=1S/C16H19BrN2S/c1-10(2)14-9-20-16(19-14)15(18-13-6-7-13)11-4-3-5-12(17)8-11/h3-5,8-10,13,15,18H,6-7H2,1-2H3. The first-order valence-electron chi connectivity index (χ1n) is 7.10. The van der Waals surface area contributed by atoms with Crippen LogP contribution in [-0.4, -0.2) is 11.0 Å². The molecule has 1 saturated carbocycles. The maximum Gasteiger partial charge on any atom is 0.114 e. The van der Waals surface area contributed by atoms with Gasteiger partial charge in [0.1, 0.15) is 5.01 Å². The van der Waals surface area contributed by atoms with Gasteiger partial charge in [-0.05, 0) is 36.5 Å². The molecule has 1 heterocycles. The van der Waals surface area contributed by atoms with Gasteiger partial charge < -0.3 is 5.32 Å². The van der Waals surface area contributed by atoms with Gasteiger partial charge in [-0.25, -0.2) is 4.98 Å². The molecule has 0 saturated heterocycles. The van der Waals surface area contributed by atoms with E-state index >= 15 is 0 Å². The second kappa shape index (κ2) is 5.96. The van der Waals surface area contributed by atoms with Gasteiger partial charge in [-0.2, -0.15) is 0 Å². The quantitative estimate of drug-likeness (QED) is 0.831. The first-order valence-corrected chi connectivity index (χ1v) is 8.77. The Balaban J connectivity index is 1.92. The highest BCUT2D eigenvalue weighted by Gasteiger charge is 2.28. The summed E-state index contributed by atoms with van der Waals surface area (Å²) < 4.78 is 1.12. The van der Waals surface area contributed by atoms with Crippen LogP contribution < -0.4 is 5.32 Å². The van der Waals surface area contributed by atoms with Crippen LogP contribution >= 0.6 is 27.3 Å². The normalized spacial score (nSPS) is 16.6. The van der Waals surface area contributed by atoms with Crippen molar-refractivity contribution in [2.24, 2.45) is 0 Å². The third-order valence-electron chi connectivity index (χ3n) is 3.54. The minimum absolute atomic E-state index is 0.220. The number of aromatic nitrogens is 1. The highest BCUT2D eigenvalue weighted by molar-refractivity contribution is 9.10. The van der Waals surface area contributed by atoms with E-state index in [4.69, 9.17) is 4.98 Å². The number of hydrogen-bond acceptors (Lipinski definition) is 3. The molecule has 1 fully saturated rings. The SMILES string of the molecule is CC(C)c1csc(C(NC2CC2)c2cccc(Br)c2)n1. The molecule has 2 nitrogen and oxygen atoms in total. The van der Waals surface area contributed by atoms with Crippen LogP contribution in [-0.2, 0) is 0 Å². The number of benzene rings is 1. The average Bonchev–Trinajstić information content (AvgIpc) is 3.10. The minimum atomic E-state index is 0.220. The number of thiazole rings is 1. The molecule has 0 bridgehead atoms. The van der Waals surface area contributed by atoms with Crippen molar-refractivity contribution in [3.05, 3.63) is 50.4 Å². The van der Waals surface area contributed by atoms with Crippen molar-refractivity contribution in [2.75, 3.05) is 0 Å². The van der Waals surface area contributed by atoms with Gasteiger partial charge in [0.15, 0.2) is 0 Å². The highest BCUT2D eigenvalue weighted by atomic mass is 79.9. The molecular weight excluding hydrogens is 332 g/mol. The number of nitrogens with one attached hydrogen (secondary N) is 1. The summed E-state index contributed by atoms with van der Waals surface area (Å²) >= 11 is 5.34. The fraction of sp³-hybridized carbons (Fsp3) is 0.438. The average molecular weight is 351 g/mol. The minimum Gasteiger partial charge on any atom is -0.301 e. The molecule has 1 N–H and O–H groups in total. The van der Waals surface area contributed by atoms with Gasteiger partial charge in [0.2, 0.25) is 0 Å². The molecule has 1 aromatic carbocycles. The van der Waals surface area contributed by atoms with Crippen LogP contribution in [0, 0.1) is 0 Å². The maximum absolute atomic E-state index is 4.84. The van der Waals surface area contributed by atoms with Crippen molar-refractivity contribution in [3.8, 4) is 0 Å². The van der Waals surface area contributed by atoms with Gasteiger partial charge in [-0.1, -0.05) is 41.9 Å². The summed E-state index contributed by atoms with van der Waals surface area (Å²) in [5.41, 5.74) is 2.48. The summed E-state index contributed by atoms with van der Waals surface area (Å²) in [6.45, 7) is 4.39. The molecule has 1 atom stereocenters. The maximum atomic E-state index is 4.84. The second-order valence-corrected chi connectivity index (χ2v) is 7.50. The summed E-state index contributed by atoms with van der Waals surface area (Å²) in [7, 11) is 0. The molecule has 0 spiro atoms. The fourth-order valence-corrected chi connectivity index (χ4v) is 3.66. The zero-order valence-electron chi connectivity index (χ0n) is 11.8. The smallest absolute Gasteiger partial charge is 0.114 e. The summed E-state index contributed by atoms with van der Waals surface area (Å²) in [6, 6.07) is 9.41. The van der Waals surface area contributed by atoms with E-state index in [9.17, 15) is 0 Å². The van der Waals surface area contributed by atoms with Gasteiger partial charge in [0.25, 0.3) is 0 Å². The molecule has 2 aromatic rings. The molecule has 3 rings (SSSR count). The number of rotatable bonds is 5. The lowest BCUT2D eigenvalue weighted by molar-refractivity contribution is 0.595. The Kier molecular flexibility index (Phi) is 4.24. The van der Waals surface area contributed by atoms with E-state index in [2.05, 4.69) is 64.7 Å². The molecule has 0 amide bonds. The highest BCUT2D eigenvalue weighted by Crippen LogP contribution is 2.32. The van der Waals surface area contributed by atoms with Crippen molar-refractivity contribution in [1.82, 2.24) is 10.3 Å². The predicted octanol–water partition coefficient (Wildman–Crippen LogP) is 4.87. The van der Waals surface area contributed by atoms with Crippen LogP contribution in [0.4, 0.5) is 0 Å². The third kappa shape index (κ3) is 3.30. The Morgan fingerprint density at radius 2 is 2.15 bits per heavy atom. The molecule has 0 radical (unpaired) electrons. The van der Waals surface area contributed by atoms with Gasteiger partial charge in [-0.3, -0.25) is 0 Å². The van der Waals surface area contributed by atoms with E-state index in [1.807, 2.05) is 0 Å². The Morgan fingerprint density at radius 1 is 1.35 bits per heavy atom. The lowest BCUT2D eigenvalue weighted by Gasteiger charge is -2.17. The first-order chi connectivity index (χ1) is 9.63. The molecule has 20 heavy (non-hydrogen) atoms. The van der Waals surface area contributed by atoms with Crippen molar-refractivity contribution < 1.29 is 0 Å². The summed E-state index contributed by atoms with van der Waals surface area (Å²) in [5.74, 6) is 0.490. The summed E-state index contributed by atoms with van der Waals surface area (Å²) in [5, 5.41) is 7.10. The Morgan fingerprint density at radius 3 is 2.75 bits per heavy atom. The molecule has 1 aliphatic carbocycles. The lowest BCUT2D eigenvalue weighted by Crippen LogP contribution is -2.24. The van der Waals surface area contributed by atoms with Gasteiger partial charge in [-0.15, -0.1) is 11.3 Å². The number of halogens is 1. The summed E-state index contributed by atoms with van der Waals surface area (Å²) in [6.07, 6.45) is 2.57. The van der Waals surface area contributed by atoms with Crippen molar-refractivity contribution in [1.29, 1.82) is 0 Å². The van der Waals surface area contributed by atoms with E-state index in [-0.39, 0.29) is 6.04 Å². The monoisotopic (exact) mass is 350 g/mol. The topological polar surface area (TPSA) is 24.9 Å². The van der Waals surface area contributed by atoms with E-state index in [1.165, 1.54) is 29.1 Å². The van der Waals surface area contributed by atoms with E-state index < -0.39 is 0 Å². The van der Waals surface area contributed by atoms with Crippen LogP contribution in [0.15, 0.2) is 34.1 Å². The van der Waals surface area contributed by atoms with Gasteiger partial charge in [0.05, 0.1) is 11.7 Å². The van der Waals surface area contributed by atoms with Crippen LogP contribution in [0.5, 0.6) is 0 Å². The van der Waals surface area contributed by atoms with Crippen LogP contribution in [0.1, 0.15) is 54.9 Å². The van der Waals surface area contributed by atoms with Gasteiger partial charge >= 0.3 is 0 Å². The zero-order valence-corrected chi connectivity index (χ0v) is 14.2. The van der Waals surface area contributed by atoms with Crippen LogP contribution in [0.2, 0.25) is 0 Å². The largest absolute Gasteiger partial charge is 0.301 e. The molecule has 0 aliphatic heterocycles. The first kappa shape index (κ1) is 14.2. The Hall–Kier alpha value is -0.710. The molecule has 1 unspecified atom stereocenters. The summed E-state index contributed by atoms with van der Waals surface area (Å²) in [4.78, 5) is 4.84. The van der Waals surface area contributed by atoms with E-state index in [0.29, 0.717) is 12.0 Å². The lowest BCUT2D eigenvalue weighted by atomic mass is 10.1. The molecular formula is C16H19BrN2S. The van der Waals surface area contributed by atoms with E-state index in [0.717, 1.165) is 4.47 Å². The second-order valence-electron chi connectivity index (χ2n) is 5.69.